The molecule has 0 aliphatic rings. The summed E-state index contributed by atoms with van der Waals surface area (Å²) in [6.45, 7) is 6.69. The number of hydrogen-bond acceptors (Lipinski definition) is 0. The first-order valence-electron chi connectivity index (χ1n) is 9.40. The molecule has 0 nitrogen and oxygen atoms in total. The normalized spacial score (nSPS) is 9.77. The van der Waals surface area contributed by atoms with Crippen molar-refractivity contribution in [2.75, 3.05) is 0 Å². The predicted molar refractivity (Wildman–Crippen MR) is 115 cm³/mol. The van der Waals surface area contributed by atoms with Crippen LogP contribution in [0, 0.1) is 0 Å². The zero-order chi connectivity index (χ0) is 14.9. The first-order chi connectivity index (χ1) is 9.77. The molecule has 2 heteroatoms. The van der Waals surface area contributed by atoms with Crippen LogP contribution in [0.1, 0.15) is 117 Å². The van der Waals surface area contributed by atoms with Gasteiger partial charge in [-0.2, -0.15) is 0 Å². The highest BCUT2D eigenvalue weighted by Gasteiger charge is 1.93. The molecule has 0 amide bonds. The van der Waals surface area contributed by atoms with E-state index < -0.39 is 0 Å². The highest BCUT2D eigenvalue weighted by atomic mass is 79.9. The summed E-state index contributed by atoms with van der Waals surface area (Å²) in [5.74, 6) is 0. The molecule has 0 atom stereocenters. The van der Waals surface area contributed by atoms with E-state index in [1.807, 2.05) is 0 Å². The minimum atomic E-state index is 0. The fourth-order valence-electron chi connectivity index (χ4n) is 2.73. The first-order valence-corrected chi connectivity index (χ1v) is 9.40. The van der Waals surface area contributed by atoms with E-state index in [-0.39, 0.29) is 34.0 Å². The van der Waals surface area contributed by atoms with Crippen LogP contribution in [0.5, 0.6) is 0 Å². The van der Waals surface area contributed by atoms with Gasteiger partial charge in [0.15, 0.2) is 0 Å². The van der Waals surface area contributed by atoms with Crippen molar-refractivity contribution in [1.29, 1.82) is 0 Å². The fraction of sp³-hybridized carbons (Fsp3) is 0.900. The Morgan fingerprint density at radius 1 is 0.545 bits per heavy atom. The minimum absolute atomic E-state index is 0. The van der Waals surface area contributed by atoms with Crippen LogP contribution in [0.4, 0.5) is 0 Å². The van der Waals surface area contributed by atoms with E-state index >= 15 is 0 Å². The SMILES string of the molecule is Br.Br.CCCCCCCCCCCCCCCCC=C(C)C. The highest BCUT2D eigenvalue weighted by Crippen LogP contribution is 2.13. The molecule has 0 heterocycles. The smallest absolute Gasteiger partial charge is 0.0348 e. The Morgan fingerprint density at radius 2 is 0.864 bits per heavy atom. The van der Waals surface area contributed by atoms with E-state index in [9.17, 15) is 0 Å². The summed E-state index contributed by atoms with van der Waals surface area (Å²) in [6, 6.07) is 0. The van der Waals surface area contributed by atoms with Crippen molar-refractivity contribution in [3.8, 4) is 0 Å². The number of allylic oxidation sites excluding steroid dienone is 2. The van der Waals surface area contributed by atoms with E-state index in [0.717, 1.165) is 0 Å². The van der Waals surface area contributed by atoms with Crippen LogP contribution in [0.3, 0.4) is 0 Å². The van der Waals surface area contributed by atoms with Crippen LogP contribution < -0.4 is 0 Å². The van der Waals surface area contributed by atoms with Crippen molar-refractivity contribution in [1.82, 2.24) is 0 Å². The van der Waals surface area contributed by atoms with E-state index in [2.05, 4.69) is 26.8 Å². The van der Waals surface area contributed by atoms with Gasteiger partial charge in [-0.05, 0) is 26.7 Å². The van der Waals surface area contributed by atoms with Gasteiger partial charge >= 0.3 is 0 Å². The lowest BCUT2D eigenvalue weighted by Gasteiger charge is -2.03. The maximum absolute atomic E-state index is 2.38. The van der Waals surface area contributed by atoms with Crippen molar-refractivity contribution in [2.24, 2.45) is 0 Å². The van der Waals surface area contributed by atoms with Crippen LogP contribution in [0.15, 0.2) is 11.6 Å². The number of halogens is 2. The Hall–Kier alpha value is 0.700. The number of unbranched alkanes of at least 4 members (excludes halogenated alkanes) is 14. The summed E-state index contributed by atoms with van der Waals surface area (Å²) in [6.07, 6.45) is 24.0. The highest BCUT2D eigenvalue weighted by molar-refractivity contribution is 8.93. The van der Waals surface area contributed by atoms with Gasteiger partial charge in [-0.1, -0.05) is 102 Å². The lowest BCUT2D eigenvalue weighted by molar-refractivity contribution is 0.536. The van der Waals surface area contributed by atoms with Gasteiger partial charge in [-0.15, -0.1) is 34.0 Å². The Morgan fingerprint density at radius 3 is 1.18 bits per heavy atom. The molecule has 0 fully saturated rings. The summed E-state index contributed by atoms with van der Waals surface area (Å²) in [5.41, 5.74) is 1.47. The predicted octanol–water partition coefficient (Wildman–Crippen LogP) is 8.98. The van der Waals surface area contributed by atoms with Gasteiger partial charge in [0.2, 0.25) is 0 Å². The van der Waals surface area contributed by atoms with E-state index in [1.165, 1.54) is 102 Å². The number of rotatable bonds is 15. The molecule has 136 valence electrons. The van der Waals surface area contributed by atoms with Gasteiger partial charge in [0.1, 0.15) is 0 Å². The van der Waals surface area contributed by atoms with E-state index in [0.29, 0.717) is 0 Å². The summed E-state index contributed by atoms with van der Waals surface area (Å²) in [4.78, 5) is 0. The van der Waals surface area contributed by atoms with Crippen molar-refractivity contribution < 1.29 is 0 Å². The quantitative estimate of drug-likeness (QED) is 0.175. The summed E-state index contributed by atoms with van der Waals surface area (Å²) >= 11 is 0. The molecule has 0 N–H and O–H groups in total. The number of hydrogen-bond donors (Lipinski definition) is 0. The maximum Gasteiger partial charge on any atom is -0.0348 e. The lowest BCUT2D eigenvalue weighted by Crippen LogP contribution is -1.83. The molecule has 22 heavy (non-hydrogen) atoms. The molecule has 0 saturated carbocycles. The van der Waals surface area contributed by atoms with Gasteiger partial charge in [0, 0.05) is 0 Å². The second-order valence-electron chi connectivity index (χ2n) is 6.67. The van der Waals surface area contributed by atoms with Crippen LogP contribution in [-0.4, -0.2) is 0 Å². The van der Waals surface area contributed by atoms with Gasteiger partial charge in [0.25, 0.3) is 0 Å². The third-order valence-corrected chi connectivity index (χ3v) is 4.11. The summed E-state index contributed by atoms with van der Waals surface area (Å²) in [7, 11) is 0. The molecule has 0 rings (SSSR count). The third-order valence-electron chi connectivity index (χ3n) is 4.11. The van der Waals surface area contributed by atoms with Crippen molar-refractivity contribution in [2.45, 2.75) is 117 Å². The molecule has 0 aromatic heterocycles. The largest absolute Gasteiger partial charge is 0.114 e. The van der Waals surface area contributed by atoms with Crippen molar-refractivity contribution in [3.63, 3.8) is 0 Å². The van der Waals surface area contributed by atoms with Gasteiger partial charge in [-0.25, -0.2) is 0 Å². The molecular weight excluding hydrogens is 400 g/mol. The van der Waals surface area contributed by atoms with Gasteiger partial charge in [-0.3, -0.25) is 0 Å². The molecule has 0 aromatic carbocycles. The van der Waals surface area contributed by atoms with Gasteiger partial charge < -0.3 is 0 Å². The molecular formula is C20H42Br2. The van der Waals surface area contributed by atoms with Crippen LogP contribution in [-0.2, 0) is 0 Å². The zero-order valence-electron chi connectivity index (χ0n) is 15.5. The second-order valence-corrected chi connectivity index (χ2v) is 6.67. The van der Waals surface area contributed by atoms with Crippen molar-refractivity contribution in [3.05, 3.63) is 11.6 Å². The maximum atomic E-state index is 2.38. The average Bonchev–Trinajstić information content (AvgIpc) is 2.43. The van der Waals surface area contributed by atoms with Crippen LogP contribution in [0.25, 0.3) is 0 Å². The molecule has 0 spiro atoms. The Labute approximate surface area is 162 Å². The Bertz CT molecular complexity index is 208. The monoisotopic (exact) mass is 440 g/mol. The van der Waals surface area contributed by atoms with E-state index in [4.69, 9.17) is 0 Å². The van der Waals surface area contributed by atoms with Gasteiger partial charge in [0.05, 0.1) is 0 Å². The van der Waals surface area contributed by atoms with Crippen LogP contribution in [0.2, 0.25) is 0 Å². The molecule has 0 aliphatic heterocycles. The topological polar surface area (TPSA) is 0 Å². The van der Waals surface area contributed by atoms with E-state index in [1.54, 1.807) is 0 Å². The zero-order valence-corrected chi connectivity index (χ0v) is 18.9. The molecule has 0 saturated heterocycles. The standard InChI is InChI=1S/C20H40.2BrH/c1-4-5-6-7-8-9-10-11-12-13-14-15-16-17-18-19-20(2)3;;/h19H,4-18H2,1-3H3;2*1H. The molecule has 0 unspecified atom stereocenters. The first kappa shape index (κ1) is 27.5. The fourth-order valence-corrected chi connectivity index (χ4v) is 2.73. The van der Waals surface area contributed by atoms with Crippen LogP contribution >= 0.6 is 34.0 Å². The summed E-state index contributed by atoms with van der Waals surface area (Å²) in [5, 5.41) is 0. The lowest BCUT2D eigenvalue weighted by atomic mass is 10.0. The Kier molecular flexibility index (Phi) is 30.0. The minimum Gasteiger partial charge on any atom is -0.114 e. The Balaban J connectivity index is -0.00000180. The molecule has 0 aromatic rings. The summed E-state index contributed by atoms with van der Waals surface area (Å²) < 4.78 is 0. The molecule has 0 radical (unpaired) electrons. The molecule has 0 bridgehead atoms. The van der Waals surface area contributed by atoms with Crippen molar-refractivity contribution >= 4 is 34.0 Å². The average molecular weight is 442 g/mol. The third kappa shape index (κ3) is 25.6. The second kappa shape index (κ2) is 24.0. The molecule has 0 aliphatic carbocycles.